The fourth-order valence-corrected chi connectivity index (χ4v) is 5.59. The lowest BCUT2D eigenvalue weighted by Gasteiger charge is -2.34. The standard InChI is InChI=1S/C24H29N3O3S/c1-17(2)22(25-23-20-10-6-7-11-21(20)31(29,30)26-23)24(28)27-14-12-19(13-15-27)16-18-8-4-3-5-9-18/h3-11,17,19,22H,12-16H2,1-2H3,(H,25,26)/t22-/m1/s1. The number of carbonyl (C=O) groups excluding carboxylic acids is 1. The Bertz CT molecular complexity index is 1070. The molecule has 0 radical (unpaired) electrons. The summed E-state index contributed by atoms with van der Waals surface area (Å²) < 4.78 is 27.3. The zero-order chi connectivity index (χ0) is 22.0. The highest BCUT2D eigenvalue weighted by Crippen LogP contribution is 2.26. The van der Waals surface area contributed by atoms with Crippen molar-refractivity contribution in [2.75, 3.05) is 13.1 Å². The fraction of sp³-hybridized carbons (Fsp3) is 0.417. The number of fused-ring (bicyclic) bond motifs is 1. The largest absolute Gasteiger partial charge is 0.341 e. The Kier molecular flexibility index (Phi) is 6.14. The van der Waals surface area contributed by atoms with Crippen LogP contribution in [0.2, 0.25) is 0 Å². The van der Waals surface area contributed by atoms with Gasteiger partial charge in [0.1, 0.15) is 11.9 Å². The number of aliphatic imine (C=N–C) groups is 1. The average Bonchev–Trinajstić information content (AvgIpc) is 3.03. The van der Waals surface area contributed by atoms with E-state index in [1.54, 1.807) is 24.3 Å². The molecule has 1 atom stereocenters. The molecule has 2 aliphatic heterocycles. The van der Waals surface area contributed by atoms with Gasteiger partial charge in [0.05, 0.1) is 4.90 Å². The van der Waals surface area contributed by atoms with Crippen molar-refractivity contribution in [1.82, 2.24) is 9.62 Å². The Morgan fingerprint density at radius 1 is 1.06 bits per heavy atom. The molecule has 164 valence electrons. The maximum atomic E-state index is 13.3. The summed E-state index contributed by atoms with van der Waals surface area (Å²) in [5, 5.41) is 0. The Morgan fingerprint density at radius 2 is 1.71 bits per heavy atom. The number of nitrogens with one attached hydrogen (secondary N) is 1. The molecule has 0 bridgehead atoms. The molecule has 2 heterocycles. The number of rotatable bonds is 5. The molecule has 31 heavy (non-hydrogen) atoms. The monoisotopic (exact) mass is 439 g/mol. The Morgan fingerprint density at radius 3 is 2.39 bits per heavy atom. The number of sulfonamides is 1. The van der Waals surface area contributed by atoms with Crippen LogP contribution in [0.5, 0.6) is 0 Å². The maximum Gasteiger partial charge on any atom is 0.263 e. The molecule has 1 amide bonds. The molecular formula is C24H29N3O3S. The summed E-state index contributed by atoms with van der Waals surface area (Å²) in [4.78, 5) is 20.0. The smallest absolute Gasteiger partial charge is 0.263 e. The molecule has 2 aromatic rings. The average molecular weight is 440 g/mol. The van der Waals surface area contributed by atoms with Gasteiger partial charge >= 0.3 is 0 Å². The van der Waals surface area contributed by atoms with Crippen LogP contribution in [0.25, 0.3) is 0 Å². The zero-order valence-corrected chi connectivity index (χ0v) is 18.8. The number of benzene rings is 2. The Hall–Kier alpha value is -2.67. The number of carbonyl (C=O) groups is 1. The van der Waals surface area contributed by atoms with Gasteiger partial charge in [-0.15, -0.1) is 0 Å². The van der Waals surface area contributed by atoms with Crippen molar-refractivity contribution in [2.24, 2.45) is 16.8 Å². The van der Waals surface area contributed by atoms with E-state index in [0.29, 0.717) is 24.6 Å². The van der Waals surface area contributed by atoms with Gasteiger partial charge in [-0.3, -0.25) is 14.5 Å². The lowest BCUT2D eigenvalue weighted by Crippen LogP contribution is -2.45. The maximum absolute atomic E-state index is 13.3. The van der Waals surface area contributed by atoms with Crippen LogP contribution in [0.4, 0.5) is 0 Å². The van der Waals surface area contributed by atoms with E-state index in [2.05, 4.69) is 34.0 Å². The number of hydrogen-bond donors (Lipinski definition) is 1. The number of nitrogens with zero attached hydrogens (tertiary/aromatic N) is 2. The molecule has 0 unspecified atom stereocenters. The molecule has 2 aliphatic rings. The van der Waals surface area contributed by atoms with Gasteiger partial charge in [-0.05, 0) is 48.8 Å². The highest BCUT2D eigenvalue weighted by Gasteiger charge is 2.34. The van der Waals surface area contributed by atoms with E-state index in [1.165, 1.54) is 5.56 Å². The normalized spacial score (nSPS) is 20.5. The second-order valence-electron chi connectivity index (χ2n) is 8.73. The SMILES string of the molecule is CC(C)[C@@H](N=C1NS(=O)(=O)c2ccccc21)C(=O)N1CCC(Cc2ccccc2)CC1. The number of hydrogen-bond acceptors (Lipinski definition) is 4. The third-order valence-corrected chi connectivity index (χ3v) is 7.51. The molecule has 1 saturated heterocycles. The summed E-state index contributed by atoms with van der Waals surface area (Å²) in [6.07, 6.45) is 2.98. The van der Waals surface area contributed by atoms with Crippen LogP contribution in [-0.4, -0.2) is 44.2 Å². The van der Waals surface area contributed by atoms with Crippen LogP contribution < -0.4 is 4.72 Å². The first-order valence-electron chi connectivity index (χ1n) is 10.9. The van der Waals surface area contributed by atoms with E-state index in [9.17, 15) is 13.2 Å². The minimum Gasteiger partial charge on any atom is -0.341 e. The Balaban J connectivity index is 1.46. The summed E-state index contributed by atoms with van der Waals surface area (Å²) in [5.41, 5.74) is 1.87. The lowest BCUT2D eigenvalue weighted by molar-refractivity contribution is -0.134. The second-order valence-corrected chi connectivity index (χ2v) is 10.4. The van der Waals surface area contributed by atoms with Crippen LogP contribution in [0, 0.1) is 11.8 Å². The van der Waals surface area contributed by atoms with Crippen molar-refractivity contribution in [2.45, 2.75) is 44.0 Å². The fourth-order valence-electron chi connectivity index (χ4n) is 4.35. The number of amides is 1. The van der Waals surface area contributed by atoms with Gasteiger partial charge in [0.15, 0.2) is 0 Å². The molecule has 1 fully saturated rings. The van der Waals surface area contributed by atoms with Gasteiger partial charge in [-0.1, -0.05) is 56.3 Å². The summed E-state index contributed by atoms with van der Waals surface area (Å²) in [6.45, 7) is 5.33. The second kappa shape index (κ2) is 8.83. The quantitative estimate of drug-likeness (QED) is 0.777. The van der Waals surface area contributed by atoms with E-state index < -0.39 is 16.1 Å². The predicted molar refractivity (Wildman–Crippen MR) is 121 cm³/mol. The Labute approximate surface area is 184 Å². The van der Waals surface area contributed by atoms with Crippen molar-refractivity contribution in [1.29, 1.82) is 0 Å². The van der Waals surface area contributed by atoms with Crippen molar-refractivity contribution >= 4 is 21.8 Å². The first-order valence-corrected chi connectivity index (χ1v) is 12.4. The minimum absolute atomic E-state index is 0.0239. The summed E-state index contributed by atoms with van der Waals surface area (Å²) in [7, 11) is -3.62. The highest BCUT2D eigenvalue weighted by atomic mass is 32.2. The molecule has 6 nitrogen and oxygen atoms in total. The lowest BCUT2D eigenvalue weighted by atomic mass is 9.89. The number of piperidine rings is 1. The third-order valence-electron chi connectivity index (χ3n) is 6.11. The molecule has 1 N–H and O–H groups in total. The summed E-state index contributed by atoms with van der Waals surface area (Å²) in [6, 6.07) is 16.6. The summed E-state index contributed by atoms with van der Waals surface area (Å²) in [5.74, 6) is 0.772. The van der Waals surface area contributed by atoms with Crippen LogP contribution in [0.3, 0.4) is 0 Å². The van der Waals surface area contributed by atoms with Crippen molar-refractivity contribution in [3.63, 3.8) is 0 Å². The molecule has 4 rings (SSSR count). The molecule has 2 aromatic carbocycles. The van der Waals surface area contributed by atoms with Gasteiger partial charge in [0.25, 0.3) is 10.0 Å². The molecule has 0 aromatic heterocycles. The van der Waals surface area contributed by atoms with Crippen LogP contribution in [-0.2, 0) is 21.2 Å². The van der Waals surface area contributed by atoms with E-state index in [0.717, 1.165) is 19.3 Å². The van der Waals surface area contributed by atoms with Gasteiger partial charge < -0.3 is 4.90 Å². The van der Waals surface area contributed by atoms with E-state index in [1.807, 2.05) is 24.8 Å². The van der Waals surface area contributed by atoms with Crippen molar-refractivity contribution in [3.05, 3.63) is 65.7 Å². The predicted octanol–water partition coefficient (Wildman–Crippen LogP) is 3.23. The van der Waals surface area contributed by atoms with Gasteiger partial charge in [-0.2, -0.15) is 0 Å². The minimum atomic E-state index is -3.62. The van der Waals surface area contributed by atoms with Crippen LogP contribution in [0.1, 0.15) is 37.8 Å². The molecule has 7 heteroatoms. The van der Waals surface area contributed by atoms with Crippen LogP contribution in [0.15, 0.2) is 64.5 Å². The van der Waals surface area contributed by atoms with E-state index >= 15 is 0 Å². The van der Waals surface area contributed by atoms with Gasteiger partial charge in [0.2, 0.25) is 5.91 Å². The molecule has 0 aliphatic carbocycles. The summed E-state index contributed by atoms with van der Waals surface area (Å²) >= 11 is 0. The number of likely N-dealkylation sites (tertiary alicyclic amines) is 1. The van der Waals surface area contributed by atoms with Crippen LogP contribution >= 0.6 is 0 Å². The molecule has 0 spiro atoms. The topological polar surface area (TPSA) is 78.8 Å². The first kappa shape index (κ1) is 21.6. The molecule has 0 saturated carbocycles. The first-order chi connectivity index (χ1) is 14.8. The van der Waals surface area contributed by atoms with Gasteiger partial charge in [-0.25, -0.2) is 8.42 Å². The third kappa shape index (κ3) is 4.66. The molecular weight excluding hydrogens is 410 g/mol. The zero-order valence-electron chi connectivity index (χ0n) is 18.0. The van der Waals surface area contributed by atoms with E-state index in [4.69, 9.17) is 0 Å². The van der Waals surface area contributed by atoms with Crippen molar-refractivity contribution < 1.29 is 13.2 Å². The highest BCUT2D eigenvalue weighted by molar-refractivity contribution is 7.90. The van der Waals surface area contributed by atoms with Gasteiger partial charge in [0, 0.05) is 18.7 Å². The number of amidine groups is 1. The van der Waals surface area contributed by atoms with E-state index in [-0.39, 0.29) is 22.6 Å². The van der Waals surface area contributed by atoms with Crippen molar-refractivity contribution in [3.8, 4) is 0 Å².